The number of hydrogen-bond donors (Lipinski definition) is 1. The SMILES string of the molecule is Cc1c(N)cc(C(=O)N(C)CC2CCN(C)C2)cc1F. The molecule has 1 aromatic rings. The molecule has 0 saturated carbocycles. The number of benzene rings is 1. The molecule has 1 heterocycles. The van der Waals surface area contributed by atoms with Crippen LogP contribution in [0.3, 0.4) is 0 Å². The molecule has 0 bridgehead atoms. The normalized spacial score (nSPS) is 19.3. The van der Waals surface area contributed by atoms with Gasteiger partial charge in [-0.2, -0.15) is 0 Å². The first-order valence-corrected chi connectivity index (χ1v) is 6.88. The molecule has 1 aliphatic heterocycles. The van der Waals surface area contributed by atoms with Crippen molar-refractivity contribution >= 4 is 11.6 Å². The van der Waals surface area contributed by atoms with Crippen LogP contribution in [0, 0.1) is 18.7 Å². The Labute approximate surface area is 119 Å². The Bertz CT molecular complexity index is 495. The van der Waals surface area contributed by atoms with Crippen molar-refractivity contribution in [2.75, 3.05) is 39.5 Å². The van der Waals surface area contributed by atoms with Crippen LogP contribution in [0.25, 0.3) is 0 Å². The number of hydrogen-bond acceptors (Lipinski definition) is 3. The first-order chi connectivity index (χ1) is 9.38. The van der Waals surface area contributed by atoms with E-state index in [0.29, 0.717) is 29.3 Å². The lowest BCUT2D eigenvalue weighted by Gasteiger charge is -2.21. The van der Waals surface area contributed by atoms with Crippen LogP contribution in [0.2, 0.25) is 0 Å². The number of nitrogen functional groups attached to an aromatic ring is 1. The van der Waals surface area contributed by atoms with Crippen molar-refractivity contribution in [3.63, 3.8) is 0 Å². The van der Waals surface area contributed by atoms with Gasteiger partial charge in [0.25, 0.3) is 5.91 Å². The Hall–Kier alpha value is -1.62. The van der Waals surface area contributed by atoms with Crippen LogP contribution in [0.15, 0.2) is 12.1 Å². The van der Waals surface area contributed by atoms with Crippen molar-refractivity contribution in [3.05, 3.63) is 29.1 Å². The van der Waals surface area contributed by atoms with E-state index in [1.807, 2.05) is 0 Å². The molecule has 5 heteroatoms. The topological polar surface area (TPSA) is 49.6 Å². The standard InChI is InChI=1S/C15H22FN3O/c1-10-13(16)6-12(7-14(10)17)15(20)19(3)9-11-4-5-18(2)8-11/h6-7,11H,4-5,8-9,17H2,1-3H3. The first kappa shape index (κ1) is 14.8. The first-order valence-electron chi connectivity index (χ1n) is 6.88. The summed E-state index contributed by atoms with van der Waals surface area (Å²) in [5.41, 5.74) is 6.75. The second-order valence-electron chi connectivity index (χ2n) is 5.77. The summed E-state index contributed by atoms with van der Waals surface area (Å²) < 4.78 is 13.7. The van der Waals surface area contributed by atoms with Crippen molar-refractivity contribution in [3.8, 4) is 0 Å². The molecule has 110 valence electrons. The van der Waals surface area contributed by atoms with Crippen LogP contribution in [0.5, 0.6) is 0 Å². The summed E-state index contributed by atoms with van der Waals surface area (Å²) in [6.45, 7) is 4.37. The van der Waals surface area contributed by atoms with Gasteiger partial charge in [-0.15, -0.1) is 0 Å². The molecule has 4 nitrogen and oxygen atoms in total. The maximum absolute atomic E-state index is 13.7. The van der Waals surface area contributed by atoms with E-state index in [2.05, 4.69) is 11.9 Å². The summed E-state index contributed by atoms with van der Waals surface area (Å²) in [6.07, 6.45) is 1.10. The number of nitrogens with zero attached hydrogens (tertiary/aromatic N) is 2. The minimum Gasteiger partial charge on any atom is -0.398 e. The van der Waals surface area contributed by atoms with Gasteiger partial charge in [0.1, 0.15) is 5.82 Å². The maximum Gasteiger partial charge on any atom is 0.253 e. The third-order valence-corrected chi connectivity index (χ3v) is 4.00. The molecule has 0 aromatic heterocycles. The largest absolute Gasteiger partial charge is 0.398 e. The smallest absolute Gasteiger partial charge is 0.253 e. The fourth-order valence-corrected chi connectivity index (χ4v) is 2.69. The van der Waals surface area contributed by atoms with Gasteiger partial charge in [0, 0.05) is 37.0 Å². The van der Waals surface area contributed by atoms with E-state index < -0.39 is 5.82 Å². The van der Waals surface area contributed by atoms with Gasteiger partial charge in [-0.3, -0.25) is 4.79 Å². The Morgan fingerprint density at radius 3 is 2.80 bits per heavy atom. The number of amides is 1. The predicted octanol–water partition coefficient (Wildman–Crippen LogP) is 1.74. The lowest BCUT2D eigenvalue weighted by Crippen LogP contribution is -2.33. The average Bonchev–Trinajstić information content (AvgIpc) is 2.79. The molecule has 1 aromatic carbocycles. The number of carbonyl (C=O) groups excluding carboxylic acids is 1. The molecule has 20 heavy (non-hydrogen) atoms. The Balaban J connectivity index is 2.07. The summed E-state index contributed by atoms with van der Waals surface area (Å²) >= 11 is 0. The number of nitrogens with two attached hydrogens (primary N) is 1. The minimum absolute atomic E-state index is 0.176. The van der Waals surface area contributed by atoms with Crippen LogP contribution in [0.1, 0.15) is 22.3 Å². The van der Waals surface area contributed by atoms with Crippen LogP contribution >= 0.6 is 0 Å². The van der Waals surface area contributed by atoms with Crippen molar-refractivity contribution in [1.82, 2.24) is 9.80 Å². The third kappa shape index (κ3) is 3.10. The summed E-state index contributed by atoms with van der Waals surface area (Å²) in [7, 11) is 3.84. The summed E-state index contributed by atoms with van der Waals surface area (Å²) in [5.74, 6) is -0.117. The van der Waals surface area contributed by atoms with Gasteiger partial charge in [0.2, 0.25) is 0 Å². The Morgan fingerprint density at radius 2 is 2.25 bits per heavy atom. The second kappa shape index (κ2) is 5.79. The predicted molar refractivity (Wildman–Crippen MR) is 78.1 cm³/mol. The monoisotopic (exact) mass is 279 g/mol. The molecular formula is C15H22FN3O. The summed E-state index contributed by atoms with van der Waals surface area (Å²) in [4.78, 5) is 16.2. The lowest BCUT2D eigenvalue weighted by atomic mass is 10.1. The molecule has 0 spiro atoms. The van der Waals surface area contributed by atoms with E-state index >= 15 is 0 Å². The van der Waals surface area contributed by atoms with Gasteiger partial charge in [-0.05, 0) is 45.0 Å². The number of anilines is 1. The van der Waals surface area contributed by atoms with E-state index in [-0.39, 0.29) is 5.91 Å². The van der Waals surface area contributed by atoms with Gasteiger partial charge < -0.3 is 15.5 Å². The molecule has 0 aliphatic carbocycles. The van der Waals surface area contributed by atoms with E-state index in [1.165, 1.54) is 6.07 Å². The van der Waals surface area contributed by atoms with E-state index in [4.69, 9.17) is 5.73 Å². The van der Waals surface area contributed by atoms with Crippen molar-refractivity contribution in [2.45, 2.75) is 13.3 Å². The minimum atomic E-state index is -0.428. The molecule has 1 fully saturated rings. The molecule has 1 amide bonds. The molecule has 1 aliphatic rings. The zero-order chi connectivity index (χ0) is 14.9. The molecule has 1 atom stereocenters. The Kier molecular flexibility index (Phi) is 4.28. The summed E-state index contributed by atoms with van der Waals surface area (Å²) in [6, 6.07) is 2.82. The second-order valence-corrected chi connectivity index (χ2v) is 5.77. The van der Waals surface area contributed by atoms with Crippen LogP contribution in [0.4, 0.5) is 10.1 Å². The Morgan fingerprint density at radius 1 is 1.55 bits per heavy atom. The molecular weight excluding hydrogens is 257 g/mol. The molecule has 1 saturated heterocycles. The molecule has 1 unspecified atom stereocenters. The number of halogens is 1. The van der Waals surface area contributed by atoms with Crippen molar-refractivity contribution in [1.29, 1.82) is 0 Å². The van der Waals surface area contributed by atoms with Gasteiger partial charge >= 0.3 is 0 Å². The van der Waals surface area contributed by atoms with Crippen LogP contribution in [-0.4, -0.2) is 49.4 Å². The third-order valence-electron chi connectivity index (χ3n) is 4.00. The van der Waals surface area contributed by atoms with Crippen LogP contribution < -0.4 is 5.73 Å². The molecule has 2 N–H and O–H groups in total. The van der Waals surface area contributed by atoms with Gasteiger partial charge in [-0.25, -0.2) is 4.39 Å². The van der Waals surface area contributed by atoms with E-state index in [9.17, 15) is 9.18 Å². The van der Waals surface area contributed by atoms with Gasteiger partial charge in [-0.1, -0.05) is 0 Å². The number of carbonyl (C=O) groups is 1. The van der Waals surface area contributed by atoms with Crippen molar-refractivity contribution in [2.24, 2.45) is 5.92 Å². The van der Waals surface area contributed by atoms with Crippen molar-refractivity contribution < 1.29 is 9.18 Å². The average molecular weight is 279 g/mol. The lowest BCUT2D eigenvalue weighted by molar-refractivity contribution is 0.0773. The van der Waals surface area contributed by atoms with Crippen LogP contribution in [-0.2, 0) is 0 Å². The number of likely N-dealkylation sites (tertiary alicyclic amines) is 1. The molecule has 2 rings (SSSR count). The van der Waals surface area contributed by atoms with E-state index in [1.54, 1.807) is 24.9 Å². The highest BCUT2D eigenvalue weighted by Crippen LogP contribution is 2.20. The highest BCUT2D eigenvalue weighted by molar-refractivity contribution is 5.95. The molecule has 0 radical (unpaired) electrons. The van der Waals surface area contributed by atoms with E-state index in [0.717, 1.165) is 19.5 Å². The van der Waals surface area contributed by atoms with Gasteiger partial charge in [0.05, 0.1) is 0 Å². The number of rotatable bonds is 3. The zero-order valence-corrected chi connectivity index (χ0v) is 12.3. The van der Waals surface area contributed by atoms with Gasteiger partial charge in [0.15, 0.2) is 0 Å². The fourth-order valence-electron chi connectivity index (χ4n) is 2.69. The highest BCUT2D eigenvalue weighted by Gasteiger charge is 2.23. The quantitative estimate of drug-likeness (QED) is 0.857. The maximum atomic E-state index is 13.7. The summed E-state index contributed by atoms with van der Waals surface area (Å²) in [5, 5.41) is 0. The zero-order valence-electron chi connectivity index (χ0n) is 12.3. The highest BCUT2D eigenvalue weighted by atomic mass is 19.1. The fraction of sp³-hybridized carbons (Fsp3) is 0.533.